The number of carbonyl (C=O) groups is 1. The number of benzene rings is 1. The smallest absolute Gasteiger partial charge is 0.219 e. The molecule has 0 bridgehead atoms. The Bertz CT molecular complexity index is 621. The van der Waals surface area contributed by atoms with Crippen molar-refractivity contribution in [2.75, 3.05) is 12.4 Å². The summed E-state index contributed by atoms with van der Waals surface area (Å²) >= 11 is 6.71. The van der Waals surface area contributed by atoms with Crippen molar-refractivity contribution in [1.29, 1.82) is 0 Å². The maximum atomic E-state index is 11.4. The third-order valence-corrected chi connectivity index (χ3v) is 4.82. The molecule has 0 unspecified atom stereocenters. The molecule has 21 heavy (non-hydrogen) atoms. The number of hydrogen-bond donors (Lipinski definition) is 1. The molecule has 4 nitrogen and oxygen atoms in total. The van der Waals surface area contributed by atoms with Crippen LogP contribution >= 0.6 is 31.9 Å². The first-order chi connectivity index (χ1) is 9.97. The van der Waals surface area contributed by atoms with Gasteiger partial charge in [-0.15, -0.1) is 0 Å². The maximum Gasteiger partial charge on any atom is 0.219 e. The number of furan rings is 1. The molecule has 2 aromatic rings. The van der Waals surface area contributed by atoms with Crippen LogP contribution in [0.1, 0.15) is 18.2 Å². The van der Waals surface area contributed by atoms with E-state index < -0.39 is 0 Å². The normalized spacial score (nSPS) is 10.5. The number of rotatable bonds is 5. The first-order valence-corrected chi connectivity index (χ1v) is 8.03. The highest BCUT2D eigenvalue weighted by Gasteiger charge is 2.09. The zero-order valence-electron chi connectivity index (χ0n) is 11.8. The molecule has 0 saturated heterocycles. The maximum absolute atomic E-state index is 11.4. The monoisotopic (exact) mass is 414 g/mol. The van der Waals surface area contributed by atoms with Gasteiger partial charge >= 0.3 is 0 Å². The summed E-state index contributed by atoms with van der Waals surface area (Å²) in [6, 6.07) is 9.86. The highest BCUT2D eigenvalue weighted by molar-refractivity contribution is 9.13. The predicted molar refractivity (Wildman–Crippen MR) is 90.0 cm³/mol. The average Bonchev–Trinajstić information content (AvgIpc) is 2.76. The molecule has 1 aromatic heterocycles. The first kappa shape index (κ1) is 16.1. The standard InChI is InChI=1S/C15H16Br2N2O2/c1-10(20)19(2)9-11-5-3-4-6-14(11)18-8-12-7-13(16)15(17)21-12/h3-7,18H,8-9H2,1-2H3. The van der Waals surface area contributed by atoms with Crippen molar-refractivity contribution in [3.8, 4) is 0 Å². The molecule has 1 N–H and O–H groups in total. The minimum atomic E-state index is 0.0451. The van der Waals surface area contributed by atoms with E-state index in [-0.39, 0.29) is 5.91 Å². The topological polar surface area (TPSA) is 45.5 Å². The number of halogens is 2. The largest absolute Gasteiger partial charge is 0.451 e. The zero-order chi connectivity index (χ0) is 15.4. The second-order valence-electron chi connectivity index (χ2n) is 4.72. The number of nitrogens with zero attached hydrogens (tertiary/aromatic N) is 1. The Morgan fingerprint density at radius 2 is 2.05 bits per heavy atom. The number of hydrogen-bond acceptors (Lipinski definition) is 3. The van der Waals surface area contributed by atoms with Gasteiger partial charge in [0.05, 0.1) is 11.0 Å². The van der Waals surface area contributed by atoms with Crippen LogP contribution < -0.4 is 5.32 Å². The molecule has 1 heterocycles. The molecule has 0 aliphatic heterocycles. The van der Waals surface area contributed by atoms with Gasteiger partial charge in [0.25, 0.3) is 0 Å². The van der Waals surface area contributed by atoms with Crippen molar-refractivity contribution in [2.45, 2.75) is 20.0 Å². The Morgan fingerprint density at radius 1 is 1.33 bits per heavy atom. The molecule has 0 aliphatic rings. The Morgan fingerprint density at radius 3 is 2.67 bits per heavy atom. The van der Waals surface area contributed by atoms with Gasteiger partial charge in [-0.2, -0.15) is 0 Å². The van der Waals surface area contributed by atoms with Crippen molar-refractivity contribution in [3.05, 3.63) is 50.8 Å². The van der Waals surface area contributed by atoms with Gasteiger partial charge in [0.1, 0.15) is 5.76 Å². The molecule has 2 rings (SSSR count). The molecule has 6 heteroatoms. The summed E-state index contributed by atoms with van der Waals surface area (Å²) in [6.45, 7) is 2.71. The van der Waals surface area contributed by atoms with E-state index in [0.717, 1.165) is 21.5 Å². The number of anilines is 1. The summed E-state index contributed by atoms with van der Waals surface area (Å²) in [5.74, 6) is 0.868. The molecule has 1 amide bonds. The molecule has 0 fully saturated rings. The fourth-order valence-electron chi connectivity index (χ4n) is 1.86. The minimum Gasteiger partial charge on any atom is -0.451 e. The summed E-state index contributed by atoms with van der Waals surface area (Å²) < 4.78 is 7.11. The van der Waals surface area contributed by atoms with Crippen molar-refractivity contribution in [2.24, 2.45) is 0 Å². The molecular formula is C15H16Br2N2O2. The SMILES string of the molecule is CC(=O)N(C)Cc1ccccc1NCc1cc(Br)c(Br)o1. The van der Waals surface area contributed by atoms with Crippen molar-refractivity contribution >= 4 is 43.5 Å². The summed E-state index contributed by atoms with van der Waals surface area (Å²) in [5, 5.41) is 3.34. The van der Waals surface area contributed by atoms with E-state index in [9.17, 15) is 4.79 Å². The Labute approximate surface area is 140 Å². The lowest BCUT2D eigenvalue weighted by Gasteiger charge is -2.18. The Kier molecular flexibility index (Phi) is 5.47. The molecule has 112 valence electrons. The first-order valence-electron chi connectivity index (χ1n) is 6.44. The highest BCUT2D eigenvalue weighted by atomic mass is 79.9. The van der Waals surface area contributed by atoms with Crippen LogP contribution in [-0.2, 0) is 17.9 Å². The van der Waals surface area contributed by atoms with Crippen LogP contribution in [0.2, 0.25) is 0 Å². The summed E-state index contributed by atoms with van der Waals surface area (Å²) in [4.78, 5) is 13.0. The van der Waals surface area contributed by atoms with Gasteiger partial charge in [0.2, 0.25) is 5.91 Å². The predicted octanol–water partition coefficient (Wildman–Crippen LogP) is 4.40. The number of para-hydroxylation sites is 1. The second kappa shape index (κ2) is 7.13. The van der Waals surface area contributed by atoms with Crippen molar-refractivity contribution < 1.29 is 9.21 Å². The fraction of sp³-hybridized carbons (Fsp3) is 0.267. The molecule has 0 spiro atoms. The molecule has 0 radical (unpaired) electrons. The van der Waals surface area contributed by atoms with Gasteiger partial charge in [-0.1, -0.05) is 18.2 Å². The highest BCUT2D eigenvalue weighted by Crippen LogP contribution is 2.27. The summed E-state index contributed by atoms with van der Waals surface area (Å²) in [7, 11) is 1.79. The molecule has 0 saturated carbocycles. The third kappa shape index (κ3) is 4.35. The van der Waals surface area contributed by atoms with Gasteiger partial charge in [-0.05, 0) is 49.6 Å². The van der Waals surface area contributed by atoms with E-state index in [2.05, 4.69) is 37.2 Å². The minimum absolute atomic E-state index is 0.0451. The van der Waals surface area contributed by atoms with E-state index in [0.29, 0.717) is 17.8 Å². The number of amides is 1. The van der Waals surface area contributed by atoms with Gasteiger partial charge in [0, 0.05) is 26.2 Å². The van der Waals surface area contributed by atoms with Crippen LogP contribution in [0.3, 0.4) is 0 Å². The van der Waals surface area contributed by atoms with E-state index >= 15 is 0 Å². The Hall–Kier alpha value is -1.27. The van der Waals surface area contributed by atoms with Gasteiger partial charge in [-0.25, -0.2) is 0 Å². The molecular weight excluding hydrogens is 400 g/mol. The van der Waals surface area contributed by atoms with Gasteiger partial charge < -0.3 is 14.6 Å². The van der Waals surface area contributed by atoms with Crippen LogP contribution in [0.4, 0.5) is 5.69 Å². The molecule has 0 atom stereocenters. The lowest BCUT2D eigenvalue weighted by molar-refractivity contribution is -0.128. The Balaban J connectivity index is 2.07. The summed E-state index contributed by atoms with van der Waals surface area (Å²) in [6.07, 6.45) is 0. The van der Waals surface area contributed by atoms with E-state index in [1.54, 1.807) is 18.9 Å². The molecule has 1 aromatic carbocycles. The van der Waals surface area contributed by atoms with Crippen LogP contribution in [0.25, 0.3) is 0 Å². The lowest BCUT2D eigenvalue weighted by Crippen LogP contribution is -2.23. The van der Waals surface area contributed by atoms with E-state index in [4.69, 9.17) is 4.42 Å². The zero-order valence-corrected chi connectivity index (χ0v) is 15.0. The van der Waals surface area contributed by atoms with Crippen molar-refractivity contribution in [3.63, 3.8) is 0 Å². The lowest BCUT2D eigenvalue weighted by atomic mass is 10.1. The van der Waals surface area contributed by atoms with Gasteiger partial charge in [0.15, 0.2) is 4.67 Å². The third-order valence-electron chi connectivity index (χ3n) is 3.11. The second-order valence-corrected chi connectivity index (χ2v) is 6.29. The summed E-state index contributed by atoms with van der Waals surface area (Å²) in [5.41, 5.74) is 2.06. The van der Waals surface area contributed by atoms with Crippen LogP contribution in [0.5, 0.6) is 0 Å². The average molecular weight is 416 g/mol. The van der Waals surface area contributed by atoms with E-state index in [1.165, 1.54) is 0 Å². The van der Waals surface area contributed by atoms with Crippen LogP contribution in [0.15, 0.2) is 43.9 Å². The van der Waals surface area contributed by atoms with Crippen molar-refractivity contribution in [1.82, 2.24) is 4.90 Å². The molecule has 0 aliphatic carbocycles. The van der Waals surface area contributed by atoms with Gasteiger partial charge in [-0.3, -0.25) is 4.79 Å². The number of nitrogens with one attached hydrogen (secondary N) is 1. The van der Waals surface area contributed by atoms with Crippen LogP contribution in [-0.4, -0.2) is 17.9 Å². The van der Waals surface area contributed by atoms with E-state index in [1.807, 2.05) is 30.3 Å². The fourth-order valence-corrected chi connectivity index (χ4v) is 2.52. The quantitative estimate of drug-likeness (QED) is 0.787. The number of carbonyl (C=O) groups excluding carboxylic acids is 1. The van der Waals surface area contributed by atoms with Crippen LogP contribution in [0, 0.1) is 0 Å².